The van der Waals surface area contributed by atoms with Crippen LogP contribution < -0.4 is 5.73 Å². The van der Waals surface area contributed by atoms with Gasteiger partial charge in [0.2, 0.25) is 5.91 Å². The monoisotopic (exact) mass is 161 g/mol. The largest absolute Gasteiger partial charge is 0.478 e. The standard InChI is InChI=1S/C5H7NO5/c6-3(7)1-2(4(8)9)5(10)11/h1,4,8-9H,(H2,6,7)(H,10,11)/b2-1-. The van der Waals surface area contributed by atoms with E-state index in [2.05, 4.69) is 5.73 Å². The summed E-state index contributed by atoms with van der Waals surface area (Å²) in [6.45, 7) is 0. The van der Waals surface area contributed by atoms with Crippen molar-refractivity contribution in [1.82, 2.24) is 0 Å². The zero-order chi connectivity index (χ0) is 9.02. The average Bonchev–Trinajstić information content (AvgIpc) is 1.81. The number of aliphatic hydroxyl groups is 2. The molecule has 0 aliphatic rings. The zero-order valence-corrected chi connectivity index (χ0v) is 5.39. The van der Waals surface area contributed by atoms with Crippen LogP contribution in [0.15, 0.2) is 11.6 Å². The van der Waals surface area contributed by atoms with Gasteiger partial charge < -0.3 is 21.1 Å². The Labute approximate surface area is 61.6 Å². The summed E-state index contributed by atoms with van der Waals surface area (Å²) in [4.78, 5) is 20.2. The smallest absolute Gasteiger partial charge is 0.336 e. The molecule has 0 aliphatic heterocycles. The second kappa shape index (κ2) is 3.69. The number of primary amides is 1. The molecular formula is C5H7NO5. The van der Waals surface area contributed by atoms with E-state index < -0.39 is 23.7 Å². The highest BCUT2D eigenvalue weighted by molar-refractivity contribution is 5.97. The van der Waals surface area contributed by atoms with Crippen LogP contribution in [-0.4, -0.2) is 33.5 Å². The summed E-state index contributed by atoms with van der Waals surface area (Å²) in [5, 5.41) is 24.9. The Morgan fingerprint density at radius 3 is 1.91 bits per heavy atom. The van der Waals surface area contributed by atoms with Gasteiger partial charge in [-0.05, 0) is 0 Å². The summed E-state index contributed by atoms with van der Waals surface area (Å²) in [6, 6.07) is 0. The molecule has 0 unspecified atom stereocenters. The van der Waals surface area contributed by atoms with E-state index in [1.54, 1.807) is 0 Å². The molecule has 0 aromatic carbocycles. The number of rotatable bonds is 3. The fourth-order valence-corrected chi connectivity index (χ4v) is 0.400. The molecule has 6 nitrogen and oxygen atoms in total. The number of amides is 1. The van der Waals surface area contributed by atoms with Crippen molar-refractivity contribution in [2.24, 2.45) is 5.73 Å². The number of carboxylic acids is 1. The number of carbonyl (C=O) groups is 2. The average molecular weight is 161 g/mol. The lowest BCUT2D eigenvalue weighted by molar-refractivity contribution is -0.137. The van der Waals surface area contributed by atoms with Crippen LogP contribution >= 0.6 is 0 Å². The summed E-state index contributed by atoms with van der Waals surface area (Å²) < 4.78 is 0. The maximum absolute atomic E-state index is 10.1. The fourth-order valence-electron chi connectivity index (χ4n) is 0.400. The van der Waals surface area contributed by atoms with E-state index in [4.69, 9.17) is 15.3 Å². The summed E-state index contributed by atoms with van der Waals surface area (Å²) >= 11 is 0. The first-order valence-corrected chi connectivity index (χ1v) is 2.55. The van der Waals surface area contributed by atoms with E-state index >= 15 is 0 Å². The van der Waals surface area contributed by atoms with E-state index in [-0.39, 0.29) is 0 Å². The maximum Gasteiger partial charge on any atom is 0.336 e. The van der Waals surface area contributed by atoms with Crippen LogP contribution in [0.5, 0.6) is 0 Å². The van der Waals surface area contributed by atoms with Crippen molar-refractivity contribution in [2.75, 3.05) is 0 Å². The van der Waals surface area contributed by atoms with Crippen molar-refractivity contribution in [3.8, 4) is 0 Å². The summed E-state index contributed by atoms with van der Waals surface area (Å²) in [5.74, 6) is -2.64. The van der Waals surface area contributed by atoms with Gasteiger partial charge in [-0.2, -0.15) is 0 Å². The van der Waals surface area contributed by atoms with Crippen LogP contribution in [0.3, 0.4) is 0 Å². The van der Waals surface area contributed by atoms with Gasteiger partial charge >= 0.3 is 5.97 Å². The molecule has 0 aromatic rings. The second-order valence-electron chi connectivity index (χ2n) is 1.68. The number of hydrogen-bond donors (Lipinski definition) is 4. The molecular weight excluding hydrogens is 154 g/mol. The van der Waals surface area contributed by atoms with Crippen molar-refractivity contribution >= 4 is 11.9 Å². The fraction of sp³-hybridized carbons (Fsp3) is 0.200. The van der Waals surface area contributed by atoms with E-state index in [1.165, 1.54) is 0 Å². The van der Waals surface area contributed by atoms with Crippen LogP contribution in [0.2, 0.25) is 0 Å². The predicted molar refractivity (Wildman–Crippen MR) is 33.1 cm³/mol. The molecule has 0 atom stereocenters. The Balaban J connectivity index is 4.60. The SMILES string of the molecule is NC(=O)/C=C(\C(=O)O)C(O)O. The second-order valence-corrected chi connectivity index (χ2v) is 1.68. The minimum atomic E-state index is -2.19. The van der Waals surface area contributed by atoms with Crippen LogP contribution in [-0.2, 0) is 9.59 Å². The summed E-state index contributed by atoms with van der Waals surface area (Å²) in [6.07, 6.45) is -1.76. The maximum atomic E-state index is 10.1. The molecule has 0 aromatic heterocycles. The number of carboxylic acid groups (broad SMARTS) is 1. The summed E-state index contributed by atoms with van der Waals surface area (Å²) in [7, 11) is 0. The van der Waals surface area contributed by atoms with Crippen molar-refractivity contribution < 1.29 is 24.9 Å². The first kappa shape index (κ1) is 9.60. The molecule has 0 bridgehead atoms. The normalized spacial score (nSPS) is 11.7. The van der Waals surface area contributed by atoms with Crippen LogP contribution in [0, 0.1) is 0 Å². The van der Waals surface area contributed by atoms with E-state index in [9.17, 15) is 9.59 Å². The van der Waals surface area contributed by atoms with E-state index in [1.807, 2.05) is 0 Å². The van der Waals surface area contributed by atoms with Crippen molar-refractivity contribution in [3.05, 3.63) is 11.6 Å². The Bertz CT molecular complexity index is 207. The molecule has 0 rings (SSSR count). The lowest BCUT2D eigenvalue weighted by atomic mass is 10.2. The van der Waals surface area contributed by atoms with Crippen molar-refractivity contribution in [2.45, 2.75) is 6.29 Å². The Morgan fingerprint density at radius 1 is 1.36 bits per heavy atom. The van der Waals surface area contributed by atoms with Crippen LogP contribution in [0.1, 0.15) is 0 Å². The van der Waals surface area contributed by atoms with Crippen molar-refractivity contribution in [3.63, 3.8) is 0 Å². The number of aliphatic hydroxyl groups excluding tert-OH is 1. The minimum Gasteiger partial charge on any atom is -0.478 e. The molecule has 0 spiro atoms. The number of nitrogens with two attached hydrogens (primary N) is 1. The minimum absolute atomic E-state index is 0.438. The predicted octanol–water partition coefficient (Wildman–Crippen LogP) is -2.21. The Kier molecular flexibility index (Phi) is 3.22. The first-order valence-electron chi connectivity index (χ1n) is 2.55. The molecule has 0 aliphatic carbocycles. The molecule has 11 heavy (non-hydrogen) atoms. The summed E-state index contributed by atoms with van der Waals surface area (Å²) in [5.41, 5.74) is 3.72. The van der Waals surface area contributed by atoms with Crippen LogP contribution in [0.4, 0.5) is 0 Å². The zero-order valence-electron chi connectivity index (χ0n) is 5.39. The molecule has 0 heterocycles. The molecule has 5 N–H and O–H groups in total. The van der Waals surface area contributed by atoms with Gasteiger partial charge in [-0.3, -0.25) is 4.79 Å². The highest BCUT2D eigenvalue weighted by atomic mass is 16.5. The molecule has 0 radical (unpaired) electrons. The number of aliphatic carboxylic acids is 1. The highest BCUT2D eigenvalue weighted by Gasteiger charge is 2.15. The number of carbonyl (C=O) groups excluding carboxylic acids is 1. The van der Waals surface area contributed by atoms with Gasteiger partial charge in [-0.15, -0.1) is 0 Å². The molecule has 6 heteroatoms. The topological polar surface area (TPSA) is 121 Å². The first-order chi connectivity index (χ1) is 4.95. The molecule has 0 saturated carbocycles. The molecule has 0 fully saturated rings. The molecule has 1 amide bonds. The van der Waals surface area contributed by atoms with Gasteiger partial charge in [0, 0.05) is 6.08 Å². The van der Waals surface area contributed by atoms with E-state index in [0.29, 0.717) is 6.08 Å². The van der Waals surface area contributed by atoms with Gasteiger partial charge in [0.1, 0.15) is 0 Å². The van der Waals surface area contributed by atoms with Gasteiger partial charge in [-0.1, -0.05) is 0 Å². The molecule has 0 saturated heterocycles. The van der Waals surface area contributed by atoms with Gasteiger partial charge in [0.25, 0.3) is 0 Å². The highest BCUT2D eigenvalue weighted by Crippen LogP contribution is 1.98. The van der Waals surface area contributed by atoms with E-state index in [0.717, 1.165) is 0 Å². The van der Waals surface area contributed by atoms with Crippen molar-refractivity contribution in [1.29, 1.82) is 0 Å². The lowest BCUT2D eigenvalue weighted by Gasteiger charge is -2.01. The molecule has 62 valence electrons. The van der Waals surface area contributed by atoms with Crippen LogP contribution in [0.25, 0.3) is 0 Å². The third kappa shape index (κ3) is 3.33. The number of hydrogen-bond acceptors (Lipinski definition) is 4. The van der Waals surface area contributed by atoms with Gasteiger partial charge in [0.05, 0.1) is 5.57 Å². The van der Waals surface area contributed by atoms with Gasteiger partial charge in [-0.25, -0.2) is 4.79 Å². The van der Waals surface area contributed by atoms with Gasteiger partial charge in [0.15, 0.2) is 6.29 Å². The quantitative estimate of drug-likeness (QED) is 0.276. The third-order valence-corrected chi connectivity index (χ3v) is 0.823. The Morgan fingerprint density at radius 2 is 1.82 bits per heavy atom. The lowest BCUT2D eigenvalue weighted by Crippen LogP contribution is -2.20. The Hall–Kier alpha value is -1.40. The third-order valence-electron chi connectivity index (χ3n) is 0.823.